The van der Waals surface area contributed by atoms with Crippen molar-refractivity contribution in [1.82, 2.24) is 4.31 Å². The number of thiophene rings is 1. The average Bonchev–Trinajstić information content (AvgIpc) is 2.81. The van der Waals surface area contributed by atoms with Crippen LogP contribution in [0.2, 0.25) is 0 Å². The Labute approximate surface area is 124 Å². The van der Waals surface area contributed by atoms with E-state index >= 15 is 0 Å². The number of nitrogens with two attached hydrogens (primary N) is 1. The van der Waals surface area contributed by atoms with Crippen molar-refractivity contribution in [2.75, 3.05) is 26.8 Å². The normalized spacial score (nSPS) is 21.2. The molecule has 114 valence electrons. The van der Waals surface area contributed by atoms with E-state index in [1.165, 1.54) is 11.3 Å². The molecule has 1 unspecified atom stereocenters. The monoisotopic (exact) mass is 318 g/mol. The van der Waals surface area contributed by atoms with Crippen LogP contribution in [0.3, 0.4) is 0 Å². The van der Waals surface area contributed by atoms with Crippen molar-refractivity contribution in [2.45, 2.75) is 31.2 Å². The largest absolute Gasteiger partial charge is 0.384 e. The summed E-state index contributed by atoms with van der Waals surface area (Å²) in [5, 5.41) is 1.87. The molecule has 0 spiro atoms. The van der Waals surface area contributed by atoms with E-state index in [1.807, 2.05) is 12.3 Å². The summed E-state index contributed by atoms with van der Waals surface area (Å²) in [5.41, 5.74) is 6.47. The number of sulfonamides is 1. The molecule has 0 bridgehead atoms. The molecule has 7 heteroatoms. The number of ether oxygens (including phenoxy) is 1. The van der Waals surface area contributed by atoms with E-state index in [4.69, 9.17) is 10.5 Å². The van der Waals surface area contributed by atoms with Crippen LogP contribution in [-0.4, -0.2) is 39.5 Å². The zero-order valence-electron chi connectivity index (χ0n) is 12.0. The maximum atomic E-state index is 12.8. The summed E-state index contributed by atoms with van der Waals surface area (Å²) >= 11 is 1.42. The van der Waals surface area contributed by atoms with Crippen LogP contribution in [0, 0.1) is 12.8 Å². The van der Waals surface area contributed by atoms with Crippen molar-refractivity contribution in [3.05, 3.63) is 15.8 Å². The number of nitrogens with zero attached hydrogens (tertiary/aromatic N) is 1. The van der Waals surface area contributed by atoms with E-state index in [1.54, 1.807) is 11.4 Å². The first-order chi connectivity index (χ1) is 9.50. The highest BCUT2D eigenvalue weighted by molar-refractivity contribution is 7.89. The first-order valence-electron chi connectivity index (χ1n) is 6.76. The molecule has 0 saturated carbocycles. The Bertz CT molecular complexity index is 552. The smallest absolute Gasteiger partial charge is 0.244 e. The Morgan fingerprint density at radius 1 is 1.55 bits per heavy atom. The van der Waals surface area contributed by atoms with Gasteiger partial charge in [0.25, 0.3) is 0 Å². The Morgan fingerprint density at radius 3 is 2.95 bits per heavy atom. The summed E-state index contributed by atoms with van der Waals surface area (Å²) < 4.78 is 32.4. The second-order valence-electron chi connectivity index (χ2n) is 5.20. The zero-order chi connectivity index (χ0) is 14.8. The lowest BCUT2D eigenvalue weighted by Gasteiger charge is -2.31. The van der Waals surface area contributed by atoms with Gasteiger partial charge in [0.1, 0.15) is 4.90 Å². The molecule has 2 rings (SSSR count). The van der Waals surface area contributed by atoms with E-state index in [2.05, 4.69) is 0 Å². The minimum absolute atomic E-state index is 0.266. The maximum Gasteiger partial charge on any atom is 0.244 e. The van der Waals surface area contributed by atoms with Gasteiger partial charge in [-0.25, -0.2) is 8.42 Å². The molecule has 1 aliphatic rings. The molecular formula is C13H22N2O3S2. The molecule has 1 aromatic rings. The highest BCUT2D eigenvalue weighted by Gasteiger charge is 2.33. The summed E-state index contributed by atoms with van der Waals surface area (Å²) in [5.74, 6) is 0.281. The zero-order valence-corrected chi connectivity index (χ0v) is 13.6. The fraction of sp³-hybridized carbons (Fsp3) is 0.692. The van der Waals surface area contributed by atoms with E-state index in [-0.39, 0.29) is 12.5 Å². The van der Waals surface area contributed by atoms with Crippen LogP contribution in [-0.2, 0) is 21.3 Å². The van der Waals surface area contributed by atoms with Crippen LogP contribution in [0.15, 0.2) is 10.3 Å². The van der Waals surface area contributed by atoms with Crippen LogP contribution >= 0.6 is 11.3 Å². The fourth-order valence-electron chi connectivity index (χ4n) is 2.72. The number of hydrogen-bond acceptors (Lipinski definition) is 5. The SMILES string of the molecule is COCC1CCCN(S(=O)(=O)c2c(C)csc2CN)C1. The molecule has 1 fully saturated rings. The van der Waals surface area contributed by atoms with Gasteiger partial charge < -0.3 is 10.5 Å². The second-order valence-corrected chi connectivity index (χ2v) is 8.04. The number of piperidine rings is 1. The lowest BCUT2D eigenvalue weighted by atomic mass is 10.0. The molecule has 20 heavy (non-hydrogen) atoms. The summed E-state index contributed by atoms with van der Waals surface area (Å²) in [4.78, 5) is 1.17. The summed E-state index contributed by atoms with van der Waals surface area (Å²) in [6, 6.07) is 0. The molecule has 1 aromatic heterocycles. The van der Waals surface area contributed by atoms with Gasteiger partial charge in [-0.2, -0.15) is 4.31 Å². The minimum atomic E-state index is -3.44. The van der Waals surface area contributed by atoms with Gasteiger partial charge >= 0.3 is 0 Å². The van der Waals surface area contributed by atoms with Gasteiger partial charge in [-0.1, -0.05) is 0 Å². The molecule has 0 amide bonds. The Morgan fingerprint density at radius 2 is 2.30 bits per heavy atom. The van der Waals surface area contributed by atoms with Gasteiger partial charge in [0.15, 0.2) is 0 Å². The molecular weight excluding hydrogens is 296 g/mol. The number of rotatable bonds is 5. The lowest BCUT2D eigenvalue weighted by molar-refractivity contribution is 0.118. The van der Waals surface area contributed by atoms with E-state index < -0.39 is 10.0 Å². The van der Waals surface area contributed by atoms with Gasteiger partial charge in [-0.3, -0.25) is 0 Å². The predicted octanol–water partition coefficient (Wildman–Crippen LogP) is 1.56. The molecule has 1 atom stereocenters. The Hall–Kier alpha value is -0.470. The topological polar surface area (TPSA) is 72.6 Å². The van der Waals surface area contributed by atoms with Crippen molar-refractivity contribution in [3.63, 3.8) is 0 Å². The van der Waals surface area contributed by atoms with Gasteiger partial charge in [0.2, 0.25) is 10.0 Å². The van der Waals surface area contributed by atoms with E-state index in [0.29, 0.717) is 24.6 Å². The molecule has 0 aromatic carbocycles. The number of methoxy groups -OCH3 is 1. The Kier molecular flexibility index (Phi) is 5.19. The standard InChI is InChI=1S/C13H22N2O3S2/c1-10-9-19-12(6-14)13(10)20(16,17)15-5-3-4-11(7-15)8-18-2/h9,11H,3-8,14H2,1-2H3. The quantitative estimate of drug-likeness (QED) is 0.894. The number of aryl methyl sites for hydroxylation is 1. The minimum Gasteiger partial charge on any atom is -0.384 e. The molecule has 2 heterocycles. The molecule has 5 nitrogen and oxygen atoms in total. The van der Waals surface area contributed by atoms with Gasteiger partial charge in [0.05, 0.1) is 6.61 Å². The summed E-state index contributed by atoms with van der Waals surface area (Å²) in [6.45, 7) is 3.83. The van der Waals surface area contributed by atoms with Crippen LogP contribution in [0.4, 0.5) is 0 Å². The maximum absolute atomic E-state index is 12.8. The van der Waals surface area contributed by atoms with Crippen LogP contribution < -0.4 is 5.73 Å². The number of hydrogen-bond donors (Lipinski definition) is 1. The summed E-state index contributed by atoms with van der Waals surface area (Å²) in [6.07, 6.45) is 1.90. The van der Waals surface area contributed by atoms with Crippen LogP contribution in [0.25, 0.3) is 0 Å². The second kappa shape index (κ2) is 6.53. The first kappa shape index (κ1) is 15.9. The highest BCUT2D eigenvalue weighted by atomic mass is 32.2. The first-order valence-corrected chi connectivity index (χ1v) is 9.08. The fourth-order valence-corrected chi connectivity index (χ4v) is 5.93. The molecule has 2 N–H and O–H groups in total. The lowest BCUT2D eigenvalue weighted by Crippen LogP contribution is -2.41. The van der Waals surface area contributed by atoms with Crippen LogP contribution in [0.1, 0.15) is 23.3 Å². The highest BCUT2D eigenvalue weighted by Crippen LogP contribution is 2.31. The summed E-state index contributed by atoms with van der Waals surface area (Å²) in [7, 11) is -1.78. The third-order valence-electron chi connectivity index (χ3n) is 3.66. The van der Waals surface area contributed by atoms with Gasteiger partial charge in [-0.15, -0.1) is 11.3 Å². The van der Waals surface area contributed by atoms with E-state index in [9.17, 15) is 8.42 Å². The molecule has 0 aliphatic carbocycles. The van der Waals surface area contributed by atoms with E-state index in [0.717, 1.165) is 23.3 Å². The van der Waals surface area contributed by atoms with Crippen molar-refractivity contribution in [3.8, 4) is 0 Å². The van der Waals surface area contributed by atoms with Crippen molar-refractivity contribution in [2.24, 2.45) is 11.7 Å². The molecule has 0 radical (unpaired) electrons. The van der Waals surface area contributed by atoms with Crippen molar-refractivity contribution in [1.29, 1.82) is 0 Å². The third-order valence-corrected chi connectivity index (χ3v) is 7.01. The van der Waals surface area contributed by atoms with Crippen molar-refractivity contribution >= 4 is 21.4 Å². The average molecular weight is 318 g/mol. The molecule has 1 saturated heterocycles. The molecule has 1 aliphatic heterocycles. The van der Waals surface area contributed by atoms with Gasteiger partial charge in [0, 0.05) is 31.6 Å². The third kappa shape index (κ3) is 3.07. The van der Waals surface area contributed by atoms with Crippen LogP contribution in [0.5, 0.6) is 0 Å². The Balaban J connectivity index is 2.27. The van der Waals surface area contributed by atoms with Crippen molar-refractivity contribution < 1.29 is 13.2 Å². The van der Waals surface area contributed by atoms with Gasteiger partial charge in [-0.05, 0) is 36.6 Å². The predicted molar refractivity (Wildman–Crippen MR) is 80.3 cm³/mol.